The number of carbonyl (C=O) groups is 1. The summed E-state index contributed by atoms with van der Waals surface area (Å²) in [5.41, 5.74) is 4.83. The Morgan fingerprint density at radius 2 is 2.12 bits per heavy atom. The number of ether oxygens (including phenoxy) is 2. The highest BCUT2D eigenvalue weighted by Crippen LogP contribution is 2.33. The Balaban J connectivity index is 1.95. The molecule has 0 spiro atoms. The van der Waals surface area contributed by atoms with Gasteiger partial charge in [0, 0.05) is 17.8 Å². The third-order valence-electron chi connectivity index (χ3n) is 4.17. The average molecular weight is 328 g/mol. The number of aliphatic hydroxyl groups excluding tert-OH is 1. The van der Waals surface area contributed by atoms with Crippen molar-refractivity contribution < 1.29 is 19.4 Å². The van der Waals surface area contributed by atoms with E-state index >= 15 is 0 Å². The van der Waals surface area contributed by atoms with E-state index < -0.39 is 12.2 Å². The van der Waals surface area contributed by atoms with Crippen molar-refractivity contribution in [2.45, 2.75) is 20.0 Å². The fourth-order valence-electron chi connectivity index (χ4n) is 2.88. The van der Waals surface area contributed by atoms with Crippen LogP contribution in [-0.2, 0) is 4.74 Å². The molecule has 6 nitrogen and oxygen atoms in total. The highest BCUT2D eigenvalue weighted by Gasteiger charge is 2.32. The van der Waals surface area contributed by atoms with Crippen LogP contribution in [0.25, 0.3) is 11.1 Å². The second-order valence-electron chi connectivity index (χ2n) is 5.84. The van der Waals surface area contributed by atoms with E-state index in [2.05, 4.69) is 4.98 Å². The predicted octanol–water partition coefficient (Wildman–Crippen LogP) is 2.69. The molecule has 3 rings (SSSR count). The topological polar surface area (TPSA) is 71.9 Å². The van der Waals surface area contributed by atoms with E-state index in [0.717, 1.165) is 27.9 Å². The van der Waals surface area contributed by atoms with Crippen LogP contribution in [0.1, 0.15) is 11.1 Å². The molecule has 1 fully saturated rings. The molecule has 0 saturated carbocycles. The number of carbonyl (C=O) groups excluding carboxylic acids is 1. The van der Waals surface area contributed by atoms with Crippen LogP contribution in [0.15, 0.2) is 30.5 Å². The van der Waals surface area contributed by atoms with Gasteiger partial charge in [-0.25, -0.2) is 9.78 Å². The van der Waals surface area contributed by atoms with Crippen LogP contribution < -0.4 is 9.64 Å². The number of hydrogen-bond acceptors (Lipinski definition) is 5. The van der Waals surface area contributed by atoms with E-state index in [0.29, 0.717) is 12.4 Å². The minimum absolute atomic E-state index is 0.171. The van der Waals surface area contributed by atoms with Crippen LogP contribution in [-0.4, -0.2) is 42.5 Å². The number of methoxy groups -OCH3 is 1. The Labute approximate surface area is 140 Å². The first-order chi connectivity index (χ1) is 11.5. The van der Waals surface area contributed by atoms with Gasteiger partial charge in [-0.3, -0.25) is 4.90 Å². The molecule has 1 aliphatic rings. The molecule has 0 radical (unpaired) electrons. The number of anilines is 1. The van der Waals surface area contributed by atoms with Crippen molar-refractivity contribution >= 4 is 11.8 Å². The lowest BCUT2D eigenvalue weighted by Gasteiger charge is -2.18. The summed E-state index contributed by atoms with van der Waals surface area (Å²) in [5.74, 6) is 0.569. The van der Waals surface area contributed by atoms with Crippen LogP contribution in [0.2, 0.25) is 0 Å². The summed E-state index contributed by atoms with van der Waals surface area (Å²) < 4.78 is 10.2. The Morgan fingerprint density at radius 1 is 1.33 bits per heavy atom. The van der Waals surface area contributed by atoms with Gasteiger partial charge in [-0.05, 0) is 48.7 Å². The van der Waals surface area contributed by atoms with E-state index in [9.17, 15) is 9.90 Å². The van der Waals surface area contributed by atoms with E-state index in [4.69, 9.17) is 9.47 Å². The summed E-state index contributed by atoms with van der Waals surface area (Å²) in [4.78, 5) is 17.8. The van der Waals surface area contributed by atoms with Crippen LogP contribution in [0, 0.1) is 13.8 Å². The van der Waals surface area contributed by atoms with Gasteiger partial charge in [0.1, 0.15) is 6.10 Å². The van der Waals surface area contributed by atoms with Gasteiger partial charge in [0.2, 0.25) is 5.88 Å². The zero-order valence-corrected chi connectivity index (χ0v) is 13.9. The molecular formula is C18H20N2O4. The summed E-state index contributed by atoms with van der Waals surface area (Å²) >= 11 is 0. The van der Waals surface area contributed by atoms with Crippen molar-refractivity contribution in [2.24, 2.45) is 0 Å². The number of hydrogen-bond donors (Lipinski definition) is 1. The molecule has 2 heterocycles. The lowest BCUT2D eigenvalue weighted by Crippen LogP contribution is -2.26. The number of amides is 1. The quantitative estimate of drug-likeness (QED) is 0.934. The number of aryl methyl sites for hydroxylation is 2. The molecule has 6 heteroatoms. The molecule has 1 aromatic carbocycles. The van der Waals surface area contributed by atoms with E-state index in [1.165, 1.54) is 0 Å². The minimum atomic E-state index is -0.470. The van der Waals surface area contributed by atoms with Gasteiger partial charge >= 0.3 is 6.09 Å². The molecule has 0 aliphatic carbocycles. The number of pyridine rings is 1. The maximum atomic E-state index is 12.0. The molecule has 2 aromatic rings. The standard InChI is InChI=1S/C18H20N2O4/c1-11-7-16(20-9-14(10-21)24-18(20)22)12(2)6-15(11)13-4-5-17(23-3)19-8-13/h4-8,14,21H,9-10H2,1-3H3. The van der Waals surface area contributed by atoms with Crippen LogP contribution in [0.4, 0.5) is 10.5 Å². The van der Waals surface area contributed by atoms with Crippen molar-refractivity contribution in [3.63, 3.8) is 0 Å². The maximum absolute atomic E-state index is 12.0. The largest absolute Gasteiger partial charge is 0.481 e. The number of aliphatic hydroxyl groups is 1. The van der Waals surface area contributed by atoms with Crippen molar-refractivity contribution in [1.29, 1.82) is 0 Å². The van der Waals surface area contributed by atoms with Gasteiger partial charge in [0.05, 0.1) is 25.9 Å². The van der Waals surface area contributed by atoms with Gasteiger partial charge in [-0.1, -0.05) is 0 Å². The minimum Gasteiger partial charge on any atom is -0.481 e. The molecule has 1 N–H and O–H groups in total. The molecular weight excluding hydrogens is 308 g/mol. The number of rotatable bonds is 4. The van der Waals surface area contributed by atoms with E-state index in [1.54, 1.807) is 18.2 Å². The summed E-state index contributed by atoms with van der Waals surface area (Å²) in [6.07, 6.45) is 0.879. The first-order valence-electron chi connectivity index (χ1n) is 7.74. The van der Waals surface area contributed by atoms with Crippen LogP contribution >= 0.6 is 0 Å². The Hall–Kier alpha value is -2.60. The van der Waals surface area contributed by atoms with Crippen LogP contribution in [0.5, 0.6) is 5.88 Å². The van der Waals surface area contributed by atoms with Gasteiger partial charge in [0.25, 0.3) is 0 Å². The van der Waals surface area contributed by atoms with Gasteiger partial charge in [-0.2, -0.15) is 0 Å². The molecule has 1 saturated heterocycles. The third-order valence-corrected chi connectivity index (χ3v) is 4.17. The van der Waals surface area contributed by atoms with E-state index in [-0.39, 0.29) is 6.61 Å². The zero-order valence-electron chi connectivity index (χ0n) is 13.9. The number of nitrogens with zero attached hydrogens (tertiary/aromatic N) is 2. The van der Waals surface area contributed by atoms with Crippen molar-refractivity contribution in [3.05, 3.63) is 41.6 Å². The fourth-order valence-corrected chi connectivity index (χ4v) is 2.88. The fraction of sp³-hybridized carbons (Fsp3) is 0.333. The van der Waals surface area contributed by atoms with Gasteiger partial charge < -0.3 is 14.6 Å². The Kier molecular flexibility index (Phi) is 4.40. The second kappa shape index (κ2) is 6.49. The van der Waals surface area contributed by atoms with Crippen molar-refractivity contribution in [2.75, 3.05) is 25.2 Å². The molecule has 1 aromatic heterocycles. The first-order valence-corrected chi connectivity index (χ1v) is 7.74. The highest BCUT2D eigenvalue weighted by atomic mass is 16.6. The molecule has 0 bridgehead atoms. The summed E-state index contributed by atoms with van der Waals surface area (Å²) in [6, 6.07) is 7.78. The molecule has 1 aliphatic heterocycles. The van der Waals surface area contributed by atoms with Crippen molar-refractivity contribution in [1.82, 2.24) is 4.98 Å². The third kappa shape index (κ3) is 2.92. The highest BCUT2D eigenvalue weighted by molar-refractivity contribution is 5.91. The van der Waals surface area contributed by atoms with Gasteiger partial charge in [0.15, 0.2) is 0 Å². The van der Waals surface area contributed by atoms with Gasteiger partial charge in [-0.15, -0.1) is 0 Å². The number of cyclic esters (lactones) is 1. The smallest absolute Gasteiger partial charge is 0.414 e. The first kappa shape index (κ1) is 16.3. The summed E-state index contributed by atoms with van der Waals surface area (Å²) in [7, 11) is 1.58. The number of aromatic nitrogens is 1. The Morgan fingerprint density at radius 3 is 2.71 bits per heavy atom. The molecule has 126 valence electrons. The SMILES string of the molecule is COc1ccc(-c2cc(C)c(N3CC(CO)OC3=O)cc2C)cn1. The summed E-state index contributed by atoms with van der Waals surface area (Å²) in [6.45, 7) is 4.14. The second-order valence-corrected chi connectivity index (χ2v) is 5.84. The predicted molar refractivity (Wildman–Crippen MR) is 90.4 cm³/mol. The number of benzene rings is 1. The molecule has 1 atom stereocenters. The molecule has 1 unspecified atom stereocenters. The van der Waals surface area contributed by atoms with Crippen LogP contribution in [0.3, 0.4) is 0 Å². The summed E-state index contributed by atoms with van der Waals surface area (Å²) in [5, 5.41) is 9.19. The zero-order chi connectivity index (χ0) is 17.3. The van der Waals surface area contributed by atoms with Crippen molar-refractivity contribution in [3.8, 4) is 17.0 Å². The lowest BCUT2D eigenvalue weighted by molar-refractivity contribution is 0.0963. The Bertz CT molecular complexity index is 758. The molecule has 24 heavy (non-hydrogen) atoms. The normalized spacial score (nSPS) is 17.1. The average Bonchev–Trinajstić information content (AvgIpc) is 2.97. The maximum Gasteiger partial charge on any atom is 0.414 e. The van der Waals surface area contributed by atoms with E-state index in [1.807, 2.05) is 38.1 Å². The monoisotopic (exact) mass is 328 g/mol. The lowest BCUT2D eigenvalue weighted by atomic mass is 9.98. The molecule has 1 amide bonds.